The predicted octanol–water partition coefficient (Wildman–Crippen LogP) is 1.57. The molecule has 0 bridgehead atoms. The maximum Gasteiger partial charge on any atom is 0.329 e. The highest BCUT2D eigenvalue weighted by atomic mass is 16.5. The Labute approximate surface area is 174 Å². The van der Waals surface area contributed by atoms with Crippen LogP contribution in [0.2, 0.25) is 0 Å². The SMILES string of the molecule is COc1cc(/C=N/NC(=O)C(N)=O)ccc1OCC(=O)Nc1c(C)cc(C)cc1C. The number of primary amides is 1. The minimum atomic E-state index is -1.14. The van der Waals surface area contributed by atoms with E-state index in [1.54, 1.807) is 18.2 Å². The number of ether oxygens (including phenoxy) is 2. The summed E-state index contributed by atoms with van der Waals surface area (Å²) in [6, 6.07) is 8.84. The molecule has 0 aliphatic carbocycles. The van der Waals surface area contributed by atoms with E-state index in [9.17, 15) is 14.4 Å². The van der Waals surface area contributed by atoms with Gasteiger partial charge in [-0.1, -0.05) is 17.7 Å². The molecule has 9 heteroatoms. The molecule has 0 radical (unpaired) electrons. The van der Waals surface area contributed by atoms with Gasteiger partial charge in [-0.05, 0) is 55.7 Å². The predicted molar refractivity (Wildman–Crippen MR) is 113 cm³/mol. The quantitative estimate of drug-likeness (QED) is 0.361. The van der Waals surface area contributed by atoms with Crippen molar-refractivity contribution in [3.63, 3.8) is 0 Å². The minimum Gasteiger partial charge on any atom is -0.493 e. The van der Waals surface area contributed by atoms with Crippen molar-refractivity contribution in [3.05, 3.63) is 52.6 Å². The van der Waals surface area contributed by atoms with Crippen molar-refractivity contribution in [2.45, 2.75) is 20.8 Å². The van der Waals surface area contributed by atoms with Gasteiger partial charge in [0.15, 0.2) is 18.1 Å². The first kappa shape index (κ1) is 22.4. The molecule has 0 saturated carbocycles. The molecule has 3 amide bonds. The van der Waals surface area contributed by atoms with E-state index in [0.717, 1.165) is 22.4 Å². The van der Waals surface area contributed by atoms with E-state index in [1.807, 2.05) is 38.3 Å². The third-order valence-electron chi connectivity index (χ3n) is 4.09. The lowest BCUT2D eigenvalue weighted by molar-refractivity contribution is -0.137. The number of carbonyl (C=O) groups excluding carboxylic acids is 3. The summed E-state index contributed by atoms with van der Waals surface area (Å²) in [5, 5.41) is 6.49. The summed E-state index contributed by atoms with van der Waals surface area (Å²) >= 11 is 0. The van der Waals surface area contributed by atoms with E-state index in [2.05, 4.69) is 10.4 Å². The zero-order valence-electron chi connectivity index (χ0n) is 17.2. The van der Waals surface area contributed by atoms with E-state index in [0.29, 0.717) is 17.1 Å². The molecular weight excluding hydrogens is 388 g/mol. The summed E-state index contributed by atoms with van der Waals surface area (Å²) in [5.74, 6) is -1.73. The number of hydrogen-bond donors (Lipinski definition) is 3. The molecule has 2 rings (SSSR count). The van der Waals surface area contributed by atoms with Gasteiger partial charge >= 0.3 is 11.8 Å². The van der Waals surface area contributed by atoms with Crippen molar-refractivity contribution in [1.29, 1.82) is 0 Å². The molecule has 0 heterocycles. The van der Waals surface area contributed by atoms with E-state index < -0.39 is 11.8 Å². The Kier molecular flexibility index (Phi) is 7.51. The lowest BCUT2D eigenvalue weighted by Gasteiger charge is -2.14. The van der Waals surface area contributed by atoms with Crippen molar-refractivity contribution < 1.29 is 23.9 Å². The molecule has 30 heavy (non-hydrogen) atoms. The Morgan fingerprint density at radius 3 is 2.33 bits per heavy atom. The normalized spacial score (nSPS) is 10.5. The van der Waals surface area contributed by atoms with Crippen LogP contribution < -0.4 is 25.9 Å². The van der Waals surface area contributed by atoms with Gasteiger partial charge in [0, 0.05) is 5.69 Å². The van der Waals surface area contributed by atoms with Gasteiger partial charge in [-0.3, -0.25) is 14.4 Å². The highest BCUT2D eigenvalue weighted by Crippen LogP contribution is 2.28. The number of aryl methyl sites for hydroxylation is 3. The molecule has 0 atom stereocenters. The van der Waals surface area contributed by atoms with Crippen LogP contribution in [0.15, 0.2) is 35.4 Å². The molecule has 0 aliphatic rings. The van der Waals surface area contributed by atoms with Gasteiger partial charge in [0.1, 0.15) is 0 Å². The zero-order chi connectivity index (χ0) is 22.3. The van der Waals surface area contributed by atoms with Crippen LogP contribution in [0.3, 0.4) is 0 Å². The Hall–Kier alpha value is -3.88. The second kappa shape index (κ2) is 10.1. The standard InChI is InChI=1S/C21H24N4O5/c1-12-7-13(2)19(14(3)8-12)24-18(26)11-30-16-6-5-15(9-17(16)29-4)10-23-25-21(28)20(22)27/h5-10H,11H2,1-4H3,(H2,22,27)(H,24,26)(H,25,28)/b23-10+. The molecule has 4 N–H and O–H groups in total. The van der Waals surface area contributed by atoms with Crippen molar-refractivity contribution >= 4 is 29.6 Å². The summed E-state index contributed by atoms with van der Waals surface area (Å²) < 4.78 is 10.9. The van der Waals surface area contributed by atoms with Crippen LogP contribution in [0.25, 0.3) is 0 Å². The van der Waals surface area contributed by atoms with Crippen molar-refractivity contribution in [2.75, 3.05) is 19.0 Å². The number of nitrogens with two attached hydrogens (primary N) is 1. The molecule has 0 spiro atoms. The maximum absolute atomic E-state index is 12.3. The van der Waals surface area contributed by atoms with Gasteiger partial charge < -0.3 is 20.5 Å². The number of benzene rings is 2. The third kappa shape index (κ3) is 6.06. The third-order valence-corrected chi connectivity index (χ3v) is 4.09. The number of methoxy groups -OCH3 is 1. The molecule has 9 nitrogen and oxygen atoms in total. The summed E-state index contributed by atoms with van der Waals surface area (Å²) in [7, 11) is 1.46. The van der Waals surface area contributed by atoms with Crippen LogP contribution >= 0.6 is 0 Å². The van der Waals surface area contributed by atoms with Crippen LogP contribution in [0.1, 0.15) is 22.3 Å². The highest BCUT2D eigenvalue weighted by Gasteiger charge is 2.12. The molecular formula is C21H24N4O5. The Bertz CT molecular complexity index is 978. The van der Waals surface area contributed by atoms with Crippen molar-refractivity contribution in [3.8, 4) is 11.5 Å². The average molecular weight is 412 g/mol. The fourth-order valence-corrected chi connectivity index (χ4v) is 2.80. The van der Waals surface area contributed by atoms with Crippen LogP contribution in [-0.2, 0) is 14.4 Å². The number of hydrazone groups is 1. The van der Waals surface area contributed by atoms with Crippen LogP contribution in [0.4, 0.5) is 5.69 Å². The topological polar surface area (TPSA) is 132 Å². The Morgan fingerprint density at radius 1 is 1.07 bits per heavy atom. The second-order valence-electron chi connectivity index (χ2n) is 6.58. The lowest BCUT2D eigenvalue weighted by atomic mass is 10.1. The van der Waals surface area contributed by atoms with Crippen LogP contribution in [-0.4, -0.2) is 37.7 Å². The maximum atomic E-state index is 12.3. The smallest absolute Gasteiger partial charge is 0.329 e. The first-order valence-electron chi connectivity index (χ1n) is 9.02. The second-order valence-corrected chi connectivity index (χ2v) is 6.58. The number of anilines is 1. The van der Waals surface area contributed by atoms with Crippen LogP contribution in [0, 0.1) is 20.8 Å². The number of nitrogens with zero attached hydrogens (tertiary/aromatic N) is 1. The summed E-state index contributed by atoms with van der Waals surface area (Å²) in [6.45, 7) is 5.67. The molecule has 2 aromatic rings. The fraction of sp³-hybridized carbons (Fsp3) is 0.238. The number of carbonyl (C=O) groups is 3. The van der Waals surface area contributed by atoms with E-state index in [1.165, 1.54) is 13.3 Å². The molecule has 0 unspecified atom stereocenters. The Balaban J connectivity index is 2.01. The monoisotopic (exact) mass is 412 g/mol. The highest BCUT2D eigenvalue weighted by molar-refractivity contribution is 6.34. The largest absolute Gasteiger partial charge is 0.493 e. The molecule has 0 aromatic heterocycles. The summed E-state index contributed by atoms with van der Waals surface area (Å²) in [6.07, 6.45) is 1.31. The van der Waals surface area contributed by atoms with E-state index in [-0.39, 0.29) is 12.5 Å². The summed E-state index contributed by atoms with van der Waals surface area (Å²) in [5.41, 5.74) is 11.2. The van der Waals surface area contributed by atoms with Crippen LogP contribution in [0.5, 0.6) is 11.5 Å². The van der Waals surface area contributed by atoms with Gasteiger partial charge in [0.2, 0.25) is 0 Å². The first-order chi connectivity index (χ1) is 14.2. The average Bonchev–Trinajstić information content (AvgIpc) is 2.69. The van der Waals surface area contributed by atoms with Crippen molar-refractivity contribution in [1.82, 2.24) is 5.43 Å². The van der Waals surface area contributed by atoms with Gasteiger partial charge in [0.25, 0.3) is 5.91 Å². The zero-order valence-corrected chi connectivity index (χ0v) is 17.2. The number of amides is 3. The molecule has 0 aliphatic heterocycles. The van der Waals surface area contributed by atoms with Gasteiger partial charge in [0.05, 0.1) is 13.3 Å². The number of nitrogens with one attached hydrogen (secondary N) is 2. The van der Waals surface area contributed by atoms with Gasteiger partial charge in [-0.15, -0.1) is 0 Å². The summed E-state index contributed by atoms with van der Waals surface area (Å²) in [4.78, 5) is 34.0. The van der Waals surface area contributed by atoms with E-state index in [4.69, 9.17) is 15.2 Å². The van der Waals surface area contributed by atoms with Crippen molar-refractivity contribution in [2.24, 2.45) is 10.8 Å². The number of rotatable bonds is 7. The van der Waals surface area contributed by atoms with E-state index >= 15 is 0 Å². The molecule has 0 fully saturated rings. The first-order valence-corrected chi connectivity index (χ1v) is 9.02. The minimum absolute atomic E-state index is 0.203. The Morgan fingerprint density at radius 2 is 1.73 bits per heavy atom. The lowest BCUT2D eigenvalue weighted by Crippen LogP contribution is -2.32. The number of hydrogen-bond acceptors (Lipinski definition) is 6. The van der Waals surface area contributed by atoms with Gasteiger partial charge in [-0.2, -0.15) is 5.10 Å². The molecule has 0 saturated heterocycles. The van der Waals surface area contributed by atoms with Gasteiger partial charge in [-0.25, -0.2) is 5.43 Å². The molecule has 158 valence electrons. The fourth-order valence-electron chi connectivity index (χ4n) is 2.80. The molecule has 2 aromatic carbocycles.